The fourth-order valence-electron chi connectivity index (χ4n) is 2.37. The van der Waals surface area contributed by atoms with Crippen LogP contribution in [0.15, 0.2) is 34.9 Å². The Labute approximate surface area is 87.9 Å². The maximum absolute atomic E-state index is 11.6. The van der Waals surface area contributed by atoms with Gasteiger partial charge in [-0.25, -0.2) is 0 Å². The van der Waals surface area contributed by atoms with Crippen molar-refractivity contribution in [1.29, 1.82) is 0 Å². The molecule has 1 aliphatic rings. The summed E-state index contributed by atoms with van der Waals surface area (Å²) in [6.45, 7) is 0. The van der Waals surface area contributed by atoms with Crippen LogP contribution in [0.25, 0.3) is 11.0 Å². The van der Waals surface area contributed by atoms with E-state index in [2.05, 4.69) is 6.07 Å². The van der Waals surface area contributed by atoms with Crippen LogP contribution in [-0.2, 0) is 4.79 Å². The highest BCUT2D eigenvalue weighted by atomic mass is 16.3. The van der Waals surface area contributed by atoms with E-state index < -0.39 is 0 Å². The molecule has 2 nitrogen and oxygen atoms in total. The van der Waals surface area contributed by atoms with Gasteiger partial charge in [-0.1, -0.05) is 6.07 Å². The van der Waals surface area contributed by atoms with Crippen molar-refractivity contribution in [3.8, 4) is 0 Å². The number of Topliss-reactive ketones (excluding diaryl/α,β-unsaturated/α-hetero) is 1. The van der Waals surface area contributed by atoms with Crippen molar-refractivity contribution in [3.05, 3.63) is 36.1 Å². The fraction of sp³-hybridized carbons (Fsp3) is 0.308. The maximum atomic E-state index is 11.6. The molecule has 0 amide bonds. The Bertz CT molecular complexity index is 510. The third-order valence-electron chi connectivity index (χ3n) is 3.18. The van der Waals surface area contributed by atoms with Gasteiger partial charge in [-0.2, -0.15) is 0 Å². The molecule has 1 aliphatic carbocycles. The summed E-state index contributed by atoms with van der Waals surface area (Å²) in [5, 5.41) is 1.09. The first-order valence-electron chi connectivity index (χ1n) is 5.34. The maximum Gasteiger partial charge on any atom is 0.140 e. The predicted octanol–water partition coefficient (Wildman–Crippen LogP) is 3.27. The van der Waals surface area contributed by atoms with Crippen molar-refractivity contribution in [1.82, 2.24) is 0 Å². The molecule has 0 saturated heterocycles. The van der Waals surface area contributed by atoms with E-state index in [-0.39, 0.29) is 5.92 Å². The summed E-state index contributed by atoms with van der Waals surface area (Å²) in [4.78, 5) is 11.6. The molecule has 1 unspecified atom stereocenters. The van der Waals surface area contributed by atoms with Gasteiger partial charge in [0.2, 0.25) is 0 Å². The molecule has 3 rings (SSSR count). The second-order valence-electron chi connectivity index (χ2n) is 4.13. The van der Waals surface area contributed by atoms with Gasteiger partial charge in [0.25, 0.3) is 0 Å². The van der Waals surface area contributed by atoms with Gasteiger partial charge < -0.3 is 4.42 Å². The van der Waals surface area contributed by atoms with E-state index in [0.717, 1.165) is 35.8 Å². The van der Waals surface area contributed by atoms with Gasteiger partial charge in [0, 0.05) is 17.7 Å². The number of furan rings is 1. The van der Waals surface area contributed by atoms with Crippen molar-refractivity contribution in [3.63, 3.8) is 0 Å². The Kier molecular flexibility index (Phi) is 1.88. The minimum Gasteiger partial charge on any atom is -0.464 e. The van der Waals surface area contributed by atoms with Gasteiger partial charge in [-0.3, -0.25) is 4.79 Å². The van der Waals surface area contributed by atoms with Crippen molar-refractivity contribution < 1.29 is 9.21 Å². The van der Waals surface area contributed by atoms with Crippen LogP contribution in [0.1, 0.15) is 30.7 Å². The van der Waals surface area contributed by atoms with Crippen molar-refractivity contribution in [2.75, 3.05) is 0 Å². The Morgan fingerprint density at radius 3 is 3.00 bits per heavy atom. The third-order valence-corrected chi connectivity index (χ3v) is 3.18. The Hall–Kier alpha value is -1.57. The topological polar surface area (TPSA) is 30.2 Å². The number of ketones is 1. The lowest BCUT2D eigenvalue weighted by atomic mass is 9.96. The Balaban J connectivity index is 2.06. The monoisotopic (exact) mass is 200 g/mol. The number of benzene rings is 1. The van der Waals surface area contributed by atoms with Gasteiger partial charge in [-0.15, -0.1) is 0 Å². The summed E-state index contributed by atoms with van der Waals surface area (Å²) >= 11 is 0. The van der Waals surface area contributed by atoms with Crippen molar-refractivity contribution >= 4 is 16.8 Å². The van der Waals surface area contributed by atoms with Crippen molar-refractivity contribution in [2.24, 2.45) is 0 Å². The molecule has 0 aliphatic heterocycles. The van der Waals surface area contributed by atoms with Gasteiger partial charge in [0.1, 0.15) is 11.4 Å². The van der Waals surface area contributed by atoms with Gasteiger partial charge in [-0.05, 0) is 36.6 Å². The second kappa shape index (κ2) is 3.23. The van der Waals surface area contributed by atoms with Gasteiger partial charge in [0.05, 0.1) is 6.26 Å². The third kappa shape index (κ3) is 1.37. The highest BCUT2D eigenvalue weighted by molar-refractivity contribution is 5.89. The molecule has 1 aromatic heterocycles. The standard InChI is InChI=1S/C13H12O2/c14-12-3-1-2-11(12)9-4-5-13-10(8-9)6-7-15-13/h4-8,11H,1-3H2. The lowest BCUT2D eigenvalue weighted by Gasteiger charge is -2.07. The van der Waals surface area contributed by atoms with E-state index >= 15 is 0 Å². The fourth-order valence-corrected chi connectivity index (χ4v) is 2.37. The molecule has 0 N–H and O–H groups in total. The average Bonchev–Trinajstić information content (AvgIpc) is 2.84. The van der Waals surface area contributed by atoms with E-state index in [1.54, 1.807) is 6.26 Å². The normalized spacial score (nSPS) is 21.3. The first-order valence-corrected chi connectivity index (χ1v) is 5.34. The van der Waals surface area contributed by atoms with Gasteiger partial charge in [0.15, 0.2) is 0 Å². The van der Waals surface area contributed by atoms with E-state index in [9.17, 15) is 4.79 Å². The summed E-state index contributed by atoms with van der Waals surface area (Å²) in [7, 11) is 0. The van der Waals surface area contributed by atoms with Crippen LogP contribution >= 0.6 is 0 Å². The molecule has 1 saturated carbocycles. The summed E-state index contributed by atoms with van der Waals surface area (Å²) in [5.41, 5.74) is 2.04. The van der Waals surface area contributed by atoms with E-state index in [4.69, 9.17) is 4.42 Å². The number of fused-ring (bicyclic) bond motifs is 1. The molecule has 76 valence electrons. The van der Waals surface area contributed by atoms with Crippen LogP contribution in [0.2, 0.25) is 0 Å². The number of carbonyl (C=O) groups excluding carboxylic acids is 1. The second-order valence-corrected chi connectivity index (χ2v) is 4.13. The Morgan fingerprint density at radius 2 is 2.20 bits per heavy atom. The summed E-state index contributed by atoms with van der Waals surface area (Å²) < 4.78 is 5.28. The molecule has 1 atom stereocenters. The average molecular weight is 200 g/mol. The van der Waals surface area contributed by atoms with Gasteiger partial charge >= 0.3 is 0 Å². The molecule has 0 radical (unpaired) electrons. The minimum atomic E-state index is 0.129. The lowest BCUT2D eigenvalue weighted by molar-refractivity contribution is -0.118. The molecule has 2 heteroatoms. The lowest BCUT2D eigenvalue weighted by Crippen LogP contribution is -2.03. The number of rotatable bonds is 1. The molecule has 15 heavy (non-hydrogen) atoms. The molecule has 1 heterocycles. The summed E-state index contributed by atoms with van der Waals surface area (Å²) in [6, 6.07) is 7.99. The number of hydrogen-bond donors (Lipinski definition) is 0. The molecule has 1 fully saturated rings. The smallest absolute Gasteiger partial charge is 0.140 e. The van der Waals surface area contributed by atoms with Crippen LogP contribution in [0, 0.1) is 0 Å². The van der Waals surface area contributed by atoms with Crippen molar-refractivity contribution in [2.45, 2.75) is 25.2 Å². The van der Waals surface area contributed by atoms with Crippen LogP contribution in [0.3, 0.4) is 0 Å². The predicted molar refractivity (Wildman–Crippen MR) is 57.8 cm³/mol. The van der Waals surface area contributed by atoms with E-state index in [0.29, 0.717) is 5.78 Å². The Morgan fingerprint density at radius 1 is 1.27 bits per heavy atom. The number of hydrogen-bond acceptors (Lipinski definition) is 2. The first-order chi connectivity index (χ1) is 7.34. The molecule has 0 spiro atoms. The molecule has 2 aromatic rings. The largest absolute Gasteiger partial charge is 0.464 e. The van der Waals surface area contributed by atoms with Crippen LogP contribution in [0.5, 0.6) is 0 Å². The highest BCUT2D eigenvalue weighted by Crippen LogP contribution is 2.32. The first kappa shape index (κ1) is 8.72. The quantitative estimate of drug-likeness (QED) is 0.707. The molecular weight excluding hydrogens is 188 g/mol. The minimum absolute atomic E-state index is 0.129. The van der Waals surface area contributed by atoms with E-state index in [1.165, 1.54) is 0 Å². The van der Waals surface area contributed by atoms with Crippen LogP contribution < -0.4 is 0 Å². The summed E-state index contributed by atoms with van der Waals surface area (Å²) in [6.07, 6.45) is 4.47. The molecule has 1 aromatic carbocycles. The van der Waals surface area contributed by atoms with Crippen LogP contribution in [0.4, 0.5) is 0 Å². The molecular formula is C13H12O2. The highest BCUT2D eigenvalue weighted by Gasteiger charge is 2.25. The molecule has 0 bridgehead atoms. The van der Waals surface area contributed by atoms with Crippen LogP contribution in [-0.4, -0.2) is 5.78 Å². The summed E-state index contributed by atoms with van der Waals surface area (Å²) in [5.74, 6) is 0.516. The van der Waals surface area contributed by atoms with E-state index in [1.807, 2.05) is 18.2 Å². The number of carbonyl (C=O) groups is 1. The zero-order valence-electron chi connectivity index (χ0n) is 8.40. The zero-order valence-corrected chi connectivity index (χ0v) is 8.40. The zero-order chi connectivity index (χ0) is 10.3. The SMILES string of the molecule is O=C1CCCC1c1ccc2occc2c1.